The number of carbonyl (C=O) groups excluding carboxylic acids is 1. The molecule has 1 rings (SSSR count). The molecule has 6 nitrogen and oxygen atoms in total. The van der Waals surface area contributed by atoms with Gasteiger partial charge in [-0.05, 0) is 31.5 Å². The van der Waals surface area contributed by atoms with E-state index in [0.717, 1.165) is 6.07 Å². The summed E-state index contributed by atoms with van der Waals surface area (Å²) in [5.74, 6) is -0.878. The molecule has 1 amide bonds. The van der Waals surface area contributed by atoms with Crippen LogP contribution in [-0.2, 0) is 14.8 Å². The number of nitrogens with two attached hydrogens (primary N) is 1. The molecule has 1 aromatic rings. The third-order valence-corrected chi connectivity index (χ3v) is 4.03. The summed E-state index contributed by atoms with van der Waals surface area (Å²) in [4.78, 5) is 11.1. The minimum Gasteiger partial charge on any atom is -0.396 e. The Balaban J connectivity index is 2.77. The van der Waals surface area contributed by atoms with Crippen molar-refractivity contribution < 1.29 is 17.6 Å². The lowest BCUT2D eigenvalue weighted by Gasteiger charge is -2.09. The summed E-state index contributed by atoms with van der Waals surface area (Å²) < 4.78 is 39.6. The molecule has 20 heavy (non-hydrogen) atoms. The van der Waals surface area contributed by atoms with Crippen molar-refractivity contribution in [2.24, 2.45) is 0 Å². The fourth-order valence-electron chi connectivity index (χ4n) is 1.59. The molecule has 0 spiro atoms. The van der Waals surface area contributed by atoms with E-state index in [1.807, 2.05) is 0 Å². The standard InChI is InChI=1S/C12H18FN3O3S/c1-3-15-11(17)4-5-16-20(18,19)9-6-8(2)12(13)10(14)7-9/h6-7,16H,3-5,14H2,1-2H3,(H,15,17). The molecule has 0 unspecified atom stereocenters. The quantitative estimate of drug-likeness (QED) is 0.667. The first-order valence-corrected chi connectivity index (χ1v) is 7.58. The highest BCUT2D eigenvalue weighted by Crippen LogP contribution is 2.20. The zero-order chi connectivity index (χ0) is 15.3. The number of benzene rings is 1. The van der Waals surface area contributed by atoms with Crippen LogP contribution in [0.3, 0.4) is 0 Å². The number of hydrogen-bond acceptors (Lipinski definition) is 4. The second kappa shape index (κ2) is 6.67. The number of carbonyl (C=O) groups is 1. The number of anilines is 1. The van der Waals surface area contributed by atoms with Crippen LogP contribution in [0.5, 0.6) is 0 Å². The Morgan fingerprint density at radius 3 is 2.60 bits per heavy atom. The molecule has 0 radical (unpaired) electrons. The van der Waals surface area contributed by atoms with Crippen LogP contribution in [0.2, 0.25) is 0 Å². The third kappa shape index (κ3) is 4.17. The zero-order valence-electron chi connectivity index (χ0n) is 11.4. The van der Waals surface area contributed by atoms with Gasteiger partial charge in [-0.1, -0.05) is 0 Å². The van der Waals surface area contributed by atoms with E-state index >= 15 is 0 Å². The predicted octanol–water partition coefficient (Wildman–Crippen LogP) is 0.521. The van der Waals surface area contributed by atoms with Crippen LogP contribution in [0.1, 0.15) is 18.9 Å². The molecule has 0 aromatic heterocycles. The molecule has 0 aliphatic rings. The molecule has 4 N–H and O–H groups in total. The Labute approximate surface area is 117 Å². The first-order chi connectivity index (χ1) is 9.27. The molecule has 0 fully saturated rings. The molecule has 0 saturated carbocycles. The van der Waals surface area contributed by atoms with Gasteiger partial charge in [-0.2, -0.15) is 0 Å². The molecule has 0 aliphatic heterocycles. The van der Waals surface area contributed by atoms with Gasteiger partial charge in [-0.25, -0.2) is 17.5 Å². The van der Waals surface area contributed by atoms with Crippen LogP contribution in [0.15, 0.2) is 17.0 Å². The van der Waals surface area contributed by atoms with Gasteiger partial charge in [0.15, 0.2) is 0 Å². The van der Waals surface area contributed by atoms with Crippen molar-refractivity contribution in [3.8, 4) is 0 Å². The Kier molecular flexibility index (Phi) is 5.46. The van der Waals surface area contributed by atoms with Crippen LogP contribution >= 0.6 is 0 Å². The van der Waals surface area contributed by atoms with Crippen LogP contribution in [0, 0.1) is 12.7 Å². The van der Waals surface area contributed by atoms with E-state index in [-0.39, 0.29) is 35.0 Å². The summed E-state index contributed by atoms with van der Waals surface area (Å²) >= 11 is 0. The maximum absolute atomic E-state index is 13.3. The highest BCUT2D eigenvalue weighted by atomic mass is 32.2. The largest absolute Gasteiger partial charge is 0.396 e. The Morgan fingerprint density at radius 2 is 2.05 bits per heavy atom. The molecular formula is C12H18FN3O3S. The summed E-state index contributed by atoms with van der Waals surface area (Å²) in [5.41, 5.74) is 5.32. The molecule has 0 bridgehead atoms. The lowest BCUT2D eigenvalue weighted by atomic mass is 10.2. The van der Waals surface area contributed by atoms with Crippen LogP contribution < -0.4 is 15.8 Å². The SMILES string of the molecule is CCNC(=O)CCNS(=O)(=O)c1cc(C)c(F)c(N)c1. The number of rotatable bonds is 6. The topological polar surface area (TPSA) is 101 Å². The van der Waals surface area contributed by atoms with Crippen molar-refractivity contribution in [2.45, 2.75) is 25.2 Å². The molecule has 0 heterocycles. The Bertz CT molecular complexity index is 579. The fraction of sp³-hybridized carbons (Fsp3) is 0.417. The van der Waals surface area contributed by atoms with E-state index in [1.54, 1.807) is 6.92 Å². The van der Waals surface area contributed by atoms with Crippen molar-refractivity contribution >= 4 is 21.6 Å². The van der Waals surface area contributed by atoms with Gasteiger partial charge in [0.1, 0.15) is 5.82 Å². The van der Waals surface area contributed by atoms with E-state index in [9.17, 15) is 17.6 Å². The number of hydrogen-bond donors (Lipinski definition) is 3. The van der Waals surface area contributed by atoms with Crippen molar-refractivity contribution in [1.29, 1.82) is 0 Å². The van der Waals surface area contributed by atoms with Crippen molar-refractivity contribution in [1.82, 2.24) is 10.0 Å². The van der Waals surface area contributed by atoms with Crippen molar-refractivity contribution in [2.75, 3.05) is 18.8 Å². The molecule has 8 heteroatoms. The lowest BCUT2D eigenvalue weighted by molar-refractivity contribution is -0.120. The van der Waals surface area contributed by atoms with E-state index in [2.05, 4.69) is 10.0 Å². The first-order valence-electron chi connectivity index (χ1n) is 6.10. The fourth-order valence-corrected chi connectivity index (χ4v) is 2.74. The first kappa shape index (κ1) is 16.4. The van der Waals surface area contributed by atoms with Gasteiger partial charge in [0.2, 0.25) is 15.9 Å². The second-order valence-electron chi connectivity index (χ2n) is 4.24. The maximum atomic E-state index is 13.3. The summed E-state index contributed by atoms with van der Waals surface area (Å²) in [6.45, 7) is 3.65. The minimum atomic E-state index is -3.81. The molecule has 0 saturated heterocycles. The molecule has 0 aliphatic carbocycles. The highest BCUT2D eigenvalue weighted by molar-refractivity contribution is 7.89. The number of nitrogens with one attached hydrogen (secondary N) is 2. The molecule has 1 aromatic carbocycles. The van der Waals surface area contributed by atoms with Crippen molar-refractivity contribution in [3.05, 3.63) is 23.5 Å². The number of amides is 1. The molecular weight excluding hydrogens is 285 g/mol. The lowest BCUT2D eigenvalue weighted by Crippen LogP contribution is -2.30. The van der Waals surface area contributed by atoms with E-state index in [1.165, 1.54) is 13.0 Å². The van der Waals surface area contributed by atoms with Gasteiger partial charge in [0, 0.05) is 19.5 Å². The maximum Gasteiger partial charge on any atom is 0.240 e. The summed E-state index contributed by atoms with van der Waals surface area (Å²) in [6.07, 6.45) is 0.0305. The van der Waals surface area contributed by atoms with Gasteiger partial charge in [-0.3, -0.25) is 4.79 Å². The predicted molar refractivity (Wildman–Crippen MR) is 74.0 cm³/mol. The Hall–Kier alpha value is -1.67. The van der Waals surface area contributed by atoms with Crippen LogP contribution in [-0.4, -0.2) is 27.4 Å². The number of halogens is 1. The normalized spacial score (nSPS) is 11.3. The van der Waals surface area contributed by atoms with E-state index in [4.69, 9.17) is 5.73 Å². The van der Waals surface area contributed by atoms with Crippen LogP contribution in [0.25, 0.3) is 0 Å². The smallest absolute Gasteiger partial charge is 0.240 e. The van der Waals surface area contributed by atoms with Gasteiger partial charge >= 0.3 is 0 Å². The second-order valence-corrected chi connectivity index (χ2v) is 6.01. The molecule has 0 atom stereocenters. The highest BCUT2D eigenvalue weighted by Gasteiger charge is 2.17. The average Bonchev–Trinajstić information content (AvgIpc) is 2.35. The van der Waals surface area contributed by atoms with Crippen LogP contribution in [0.4, 0.5) is 10.1 Å². The van der Waals surface area contributed by atoms with Gasteiger partial charge in [-0.15, -0.1) is 0 Å². The number of aryl methyl sites for hydroxylation is 1. The monoisotopic (exact) mass is 303 g/mol. The van der Waals surface area contributed by atoms with E-state index in [0.29, 0.717) is 6.54 Å². The summed E-state index contributed by atoms with van der Waals surface area (Å²) in [5, 5.41) is 2.55. The number of sulfonamides is 1. The molecule has 112 valence electrons. The average molecular weight is 303 g/mol. The van der Waals surface area contributed by atoms with Gasteiger partial charge in [0.05, 0.1) is 10.6 Å². The van der Waals surface area contributed by atoms with Gasteiger partial charge < -0.3 is 11.1 Å². The van der Waals surface area contributed by atoms with Crippen molar-refractivity contribution in [3.63, 3.8) is 0 Å². The minimum absolute atomic E-state index is 0.0305. The van der Waals surface area contributed by atoms with E-state index < -0.39 is 15.8 Å². The summed E-state index contributed by atoms with van der Waals surface area (Å²) in [6, 6.07) is 2.25. The van der Waals surface area contributed by atoms with Gasteiger partial charge in [0.25, 0.3) is 0 Å². The summed E-state index contributed by atoms with van der Waals surface area (Å²) in [7, 11) is -3.81. The Morgan fingerprint density at radius 1 is 1.40 bits per heavy atom. The zero-order valence-corrected chi connectivity index (χ0v) is 12.2. The number of nitrogen functional groups attached to an aromatic ring is 1. The third-order valence-electron chi connectivity index (χ3n) is 2.58.